The van der Waals surface area contributed by atoms with Crippen molar-refractivity contribution in [2.75, 3.05) is 32.1 Å². The van der Waals surface area contributed by atoms with Gasteiger partial charge in [-0.1, -0.05) is 24.4 Å². The molecule has 7 nitrogen and oxygen atoms in total. The Morgan fingerprint density at radius 3 is 2.70 bits per heavy atom. The fraction of sp³-hybridized carbons (Fsp3) is 0.517. The van der Waals surface area contributed by atoms with E-state index in [4.69, 9.17) is 16.6 Å². The van der Waals surface area contributed by atoms with Crippen LogP contribution in [0.4, 0.5) is 5.69 Å². The minimum absolute atomic E-state index is 0.0607. The van der Waals surface area contributed by atoms with E-state index in [9.17, 15) is 15.5 Å². The standard InChI is InChI=1S/C29H35ClN6O/c1-35-14-13-20(17-35)33-29(37)26-12-9-22-25(34-26)11-10-23(27(22)32)28(18-5-3-4-6-18)36(2)21-8-7-19(16-31)24(30)15-21/h7-9,12,15,18,20,23,28,32H,3-6,10-11,13-14,17H2,1-2H3,(H,33,37)/t20-,23?,28?/m0/s1. The van der Waals surface area contributed by atoms with Crippen LogP contribution in [0.3, 0.4) is 0 Å². The number of likely N-dealkylation sites (N-methyl/N-ethyl adjacent to an activating group) is 1. The largest absolute Gasteiger partial charge is 0.371 e. The van der Waals surface area contributed by atoms with E-state index in [2.05, 4.69) is 35.3 Å². The number of anilines is 1. The molecule has 2 unspecified atom stereocenters. The summed E-state index contributed by atoms with van der Waals surface area (Å²) in [5.74, 6) is 0.428. The van der Waals surface area contributed by atoms with Crippen molar-refractivity contribution in [3.63, 3.8) is 0 Å². The molecule has 194 valence electrons. The summed E-state index contributed by atoms with van der Waals surface area (Å²) in [5, 5.41) is 22.1. The summed E-state index contributed by atoms with van der Waals surface area (Å²) in [7, 11) is 4.16. The summed E-state index contributed by atoms with van der Waals surface area (Å²) >= 11 is 6.39. The second-order valence-corrected chi connectivity index (χ2v) is 11.3. The third kappa shape index (κ3) is 5.23. The molecule has 3 atom stereocenters. The number of likely N-dealkylation sites (tertiary alicyclic amines) is 1. The van der Waals surface area contributed by atoms with Crippen molar-refractivity contribution < 1.29 is 4.79 Å². The summed E-state index contributed by atoms with van der Waals surface area (Å²) < 4.78 is 0. The van der Waals surface area contributed by atoms with Crippen LogP contribution in [0, 0.1) is 28.6 Å². The van der Waals surface area contributed by atoms with Crippen LogP contribution in [-0.4, -0.2) is 60.8 Å². The molecule has 1 aliphatic heterocycles. The van der Waals surface area contributed by atoms with Crippen molar-refractivity contribution in [1.82, 2.24) is 15.2 Å². The number of aryl methyl sites for hydroxylation is 1. The molecular formula is C29H35ClN6O. The molecular weight excluding hydrogens is 484 g/mol. The SMILES string of the molecule is CN1CC[C@H](NC(=O)c2ccc3c(n2)CCC(C(C2CCCC2)N(C)c2ccc(C#N)c(Cl)c2)C3=N)C1. The number of nitrogens with zero attached hydrogens (tertiary/aromatic N) is 4. The number of nitriles is 1. The first kappa shape index (κ1) is 25.7. The normalized spacial score (nSPS) is 22.9. The topological polar surface area (TPSA) is 96.1 Å². The predicted octanol–water partition coefficient (Wildman–Crippen LogP) is 4.67. The van der Waals surface area contributed by atoms with Crippen LogP contribution in [0.5, 0.6) is 0 Å². The molecule has 1 saturated heterocycles. The average molecular weight is 519 g/mol. The number of carbonyl (C=O) groups excluding carboxylic acids is 1. The molecule has 5 rings (SSSR count). The minimum atomic E-state index is -0.127. The van der Waals surface area contributed by atoms with Crippen LogP contribution in [0.25, 0.3) is 0 Å². The van der Waals surface area contributed by atoms with Crippen molar-refractivity contribution >= 4 is 28.9 Å². The Balaban J connectivity index is 1.38. The molecule has 1 aromatic carbocycles. The van der Waals surface area contributed by atoms with E-state index in [-0.39, 0.29) is 23.9 Å². The van der Waals surface area contributed by atoms with Crippen LogP contribution in [0.2, 0.25) is 5.02 Å². The summed E-state index contributed by atoms with van der Waals surface area (Å²) in [5.41, 5.74) is 4.22. The van der Waals surface area contributed by atoms with E-state index >= 15 is 0 Å². The Kier molecular flexibility index (Phi) is 7.50. The van der Waals surface area contributed by atoms with Gasteiger partial charge in [0.25, 0.3) is 5.91 Å². The number of carbonyl (C=O) groups is 1. The van der Waals surface area contributed by atoms with E-state index in [1.54, 1.807) is 12.1 Å². The Hall–Kier alpha value is -2.95. The lowest BCUT2D eigenvalue weighted by Crippen LogP contribution is -2.47. The van der Waals surface area contributed by atoms with E-state index < -0.39 is 0 Å². The lowest BCUT2D eigenvalue weighted by molar-refractivity contribution is 0.0933. The molecule has 2 fully saturated rings. The van der Waals surface area contributed by atoms with Crippen molar-refractivity contribution in [3.05, 3.63) is 57.9 Å². The predicted molar refractivity (Wildman–Crippen MR) is 147 cm³/mol. The maximum absolute atomic E-state index is 12.9. The fourth-order valence-corrected chi connectivity index (χ4v) is 6.77. The highest BCUT2D eigenvalue weighted by Crippen LogP contribution is 2.40. The van der Waals surface area contributed by atoms with Crippen molar-refractivity contribution in [3.8, 4) is 6.07 Å². The number of amides is 1. The molecule has 1 saturated carbocycles. The molecule has 0 bridgehead atoms. The maximum atomic E-state index is 12.9. The fourth-order valence-electron chi connectivity index (χ4n) is 6.55. The number of pyridine rings is 1. The molecule has 2 aromatic rings. The molecule has 3 aliphatic rings. The number of fused-ring (bicyclic) bond motifs is 1. The van der Waals surface area contributed by atoms with Gasteiger partial charge in [0.1, 0.15) is 11.8 Å². The van der Waals surface area contributed by atoms with Gasteiger partial charge in [-0.15, -0.1) is 0 Å². The van der Waals surface area contributed by atoms with Crippen molar-refractivity contribution in [2.45, 2.75) is 57.0 Å². The van der Waals surface area contributed by atoms with Gasteiger partial charge < -0.3 is 20.5 Å². The number of nitrogens with one attached hydrogen (secondary N) is 2. The van der Waals surface area contributed by atoms with Gasteiger partial charge >= 0.3 is 0 Å². The number of aromatic nitrogens is 1. The summed E-state index contributed by atoms with van der Waals surface area (Å²) in [6.07, 6.45) is 7.29. The van der Waals surface area contributed by atoms with Gasteiger partial charge in [-0.3, -0.25) is 4.79 Å². The third-order valence-electron chi connectivity index (χ3n) is 8.51. The van der Waals surface area contributed by atoms with Gasteiger partial charge in [-0.05, 0) is 81.9 Å². The van der Waals surface area contributed by atoms with Crippen LogP contribution >= 0.6 is 11.6 Å². The van der Waals surface area contributed by atoms with E-state index in [0.717, 1.165) is 62.1 Å². The van der Waals surface area contributed by atoms with Crippen LogP contribution in [-0.2, 0) is 6.42 Å². The monoisotopic (exact) mass is 518 g/mol. The van der Waals surface area contributed by atoms with Gasteiger partial charge in [0, 0.05) is 48.6 Å². The molecule has 0 spiro atoms. The van der Waals surface area contributed by atoms with Gasteiger partial charge in [0.05, 0.1) is 16.3 Å². The maximum Gasteiger partial charge on any atom is 0.270 e. The Morgan fingerprint density at radius 2 is 2.03 bits per heavy atom. The first-order valence-corrected chi connectivity index (χ1v) is 13.7. The highest BCUT2D eigenvalue weighted by molar-refractivity contribution is 6.32. The molecule has 8 heteroatoms. The number of rotatable bonds is 6. The number of hydrogen-bond acceptors (Lipinski definition) is 6. The van der Waals surface area contributed by atoms with Crippen molar-refractivity contribution in [1.29, 1.82) is 10.7 Å². The lowest BCUT2D eigenvalue weighted by atomic mass is 9.74. The Morgan fingerprint density at radius 1 is 1.24 bits per heavy atom. The minimum Gasteiger partial charge on any atom is -0.371 e. The highest BCUT2D eigenvalue weighted by Gasteiger charge is 2.39. The lowest BCUT2D eigenvalue weighted by Gasteiger charge is -2.42. The number of hydrogen-bond donors (Lipinski definition) is 2. The molecule has 2 N–H and O–H groups in total. The van der Waals surface area contributed by atoms with E-state index in [1.165, 1.54) is 12.8 Å². The van der Waals surface area contributed by atoms with E-state index in [0.29, 0.717) is 27.9 Å². The zero-order valence-electron chi connectivity index (χ0n) is 21.6. The van der Waals surface area contributed by atoms with Gasteiger partial charge in [-0.2, -0.15) is 5.26 Å². The zero-order valence-corrected chi connectivity index (χ0v) is 22.4. The molecule has 2 heterocycles. The first-order chi connectivity index (χ1) is 17.9. The number of benzene rings is 1. The second-order valence-electron chi connectivity index (χ2n) is 10.9. The molecule has 1 aromatic heterocycles. The zero-order chi connectivity index (χ0) is 26.1. The van der Waals surface area contributed by atoms with Crippen LogP contribution in [0.1, 0.15) is 65.8 Å². The highest BCUT2D eigenvalue weighted by atomic mass is 35.5. The van der Waals surface area contributed by atoms with Crippen molar-refractivity contribution in [2.24, 2.45) is 11.8 Å². The summed E-state index contributed by atoms with van der Waals surface area (Å²) in [4.78, 5) is 22.1. The summed E-state index contributed by atoms with van der Waals surface area (Å²) in [6.45, 7) is 1.86. The Bertz CT molecular complexity index is 1230. The summed E-state index contributed by atoms with van der Waals surface area (Å²) in [6, 6.07) is 11.8. The first-order valence-electron chi connectivity index (χ1n) is 13.4. The molecule has 0 radical (unpaired) electrons. The van der Waals surface area contributed by atoms with Gasteiger partial charge in [0.15, 0.2) is 0 Å². The molecule has 1 amide bonds. The second kappa shape index (κ2) is 10.8. The molecule has 37 heavy (non-hydrogen) atoms. The van der Waals surface area contributed by atoms with Crippen LogP contribution in [0.15, 0.2) is 30.3 Å². The van der Waals surface area contributed by atoms with E-state index in [1.807, 2.05) is 18.2 Å². The van der Waals surface area contributed by atoms with Crippen LogP contribution < -0.4 is 10.2 Å². The van der Waals surface area contributed by atoms with Gasteiger partial charge in [0.2, 0.25) is 0 Å². The number of halogens is 1. The smallest absolute Gasteiger partial charge is 0.270 e. The third-order valence-corrected chi connectivity index (χ3v) is 8.82. The quantitative estimate of drug-likeness (QED) is 0.579. The Labute approximate surface area is 224 Å². The molecule has 2 aliphatic carbocycles. The average Bonchev–Trinajstić information content (AvgIpc) is 3.57. The van der Waals surface area contributed by atoms with Gasteiger partial charge in [-0.25, -0.2) is 4.98 Å².